The predicted molar refractivity (Wildman–Crippen MR) is 123 cm³/mol. The first kappa shape index (κ1) is 22.8. The number of amides is 1. The standard InChI is InChI=1S/C24H26N2O6S/c1-3-31-20-9-7-18(8-10-20)23-14-22(25-32-23)24(27)26(19-11-12-33(28,29)16-19)15-17-5-4-6-21(13-17)30-2/h4-10,13-14,19H,3,11-12,15-16H2,1-2H3/t19-/m1/s1. The monoisotopic (exact) mass is 470 g/mol. The van der Waals surface area contributed by atoms with E-state index in [-0.39, 0.29) is 29.7 Å². The number of nitrogens with zero attached hydrogens (tertiary/aromatic N) is 2. The summed E-state index contributed by atoms with van der Waals surface area (Å²) in [5, 5.41) is 3.98. The third kappa shape index (κ3) is 5.36. The Labute approximate surface area is 193 Å². The van der Waals surface area contributed by atoms with Gasteiger partial charge in [0.15, 0.2) is 21.3 Å². The summed E-state index contributed by atoms with van der Waals surface area (Å²) in [5.74, 6) is 1.48. The van der Waals surface area contributed by atoms with Crippen LogP contribution in [-0.4, -0.2) is 55.6 Å². The van der Waals surface area contributed by atoms with Crippen LogP contribution in [0.5, 0.6) is 11.5 Å². The van der Waals surface area contributed by atoms with Crippen molar-refractivity contribution in [1.82, 2.24) is 10.1 Å². The van der Waals surface area contributed by atoms with Gasteiger partial charge in [-0.2, -0.15) is 0 Å². The van der Waals surface area contributed by atoms with Gasteiger partial charge in [-0.25, -0.2) is 8.42 Å². The second-order valence-corrected chi connectivity index (χ2v) is 10.1. The Morgan fingerprint density at radius 3 is 2.61 bits per heavy atom. The molecular weight excluding hydrogens is 444 g/mol. The van der Waals surface area contributed by atoms with Crippen molar-refractivity contribution in [2.75, 3.05) is 25.2 Å². The molecule has 1 aliphatic rings. The fourth-order valence-electron chi connectivity index (χ4n) is 3.90. The molecule has 1 aromatic heterocycles. The number of aromatic nitrogens is 1. The Bertz CT molecular complexity index is 1220. The van der Waals surface area contributed by atoms with Crippen molar-refractivity contribution in [3.63, 3.8) is 0 Å². The van der Waals surface area contributed by atoms with E-state index in [1.54, 1.807) is 18.1 Å². The van der Waals surface area contributed by atoms with Crippen molar-refractivity contribution in [2.45, 2.75) is 25.9 Å². The average Bonchev–Trinajstić information content (AvgIpc) is 3.44. The molecule has 0 aliphatic carbocycles. The number of rotatable bonds is 8. The van der Waals surface area contributed by atoms with Gasteiger partial charge in [-0.3, -0.25) is 4.79 Å². The van der Waals surface area contributed by atoms with E-state index in [2.05, 4.69) is 5.16 Å². The van der Waals surface area contributed by atoms with E-state index in [1.165, 1.54) is 0 Å². The minimum atomic E-state index is -3.18. The van der Waals surface area contributed by atoms with Crippen LogP contribution in [0.3, 0.4) is 0 Å². The highest BCUT2D eigenvalue weighted by molar-refractivity contribution is 7.91. The van der Waals surface area contributed by atoms with Crippen molar-refractivity contribution in [1.29, 1.82) is 0 Å². The number of benzene rings is 2. The molecule has 33 heavy (non-hydrogen) atoms. The summed E-state index contributed by atoms with van der Waals surface area (Å²) in [6, 6.07) is 15.8. The van der Waals surface area contributed by atoms with E-state index in [0.29, 0.717) is 24.5 Å². The Morgan fingerprint density at radius 2 is 1.94 bits per heavy atom. The first-order valence-electron chi connectivity index (χ1n) is 10.7. The van der Waals surface area contributed by atoms with Crippen LogP contribution in [0.4, 0.5) is 0 Å². The molecule has 2 heterocycles. The zero-order chi connectivity index (χ0) is 23.4. The largest absolute Gasteiger partial charge is 0.497 e. The molecule has 4 rings (SSSR count). The molecule has 0 spiro atoms. The fourth-order valence-corrected chi connectivity index (χ4v) is 5.63. The molecular formula is C24H26N2O6S. The van der Waals surface area contributed by atoms with Crippen LogP contribution in [0.15, 0.2) is 59.1 Å². The van der Waals surface area contributed by atoms with Gasteiger partial charge in [-0.05, 0) is 55.3 Å². The maximum atomic E-state index is 13.4. The molecule has 1 fully saturated rings. The van der Waals surface area contributed by atoms with Gasteiger partial charge >= 0.3 is 0 Å². The number of hydrogen-bond acceptors (Lipinski definition) is 7. The van der Waals surface area contributed by atoms with Crippen LogP contribution in [-0.2, 0) is 16.4 Å². The molecule has 1 atom stereocenters. The summed E-state index contributed by atoms with van der Waals surface area (Å²) in [7, 11) is -1.61. The zero-order valence-electron chi connectivity index (χ0n) is 18.6. The van der Waals surface area contributed by atoms with Crippen LogP contribution in [0.1, 0.15) is 29.4 Å². The lowest BCUT2D eigenvalue weighted by Gasteiger charge is -2.27. The molecule has 2 aromatic carbocycles. The van der Waals surface area contributed by atoms with Crippen LogP contribution in [0.2, 0.25) is 0 Å². The van der Waals surface area contributed by atoms with Gasteiger partial charge in [-0.1, -0.05) is 17.3 Å². The van der Waals surface area contributed by atoms with Gasteiger partial charge in [-0.15, -0.1) is 0 Å². The average molecular weight is 471 g/mol. The predicted octanol–water partition coefficient (Wildman–Crippen LogP) is 3.58. The molecule has 1 aliphatic heterocycles. The molecule has 0 bridgehead atoms. The third-order valence-electron chi connectivity index (χ3n) is 5.58. The summed E-state index contributed by atoms with van der Waals surface area (Å²) in [6.07, 6.45) is 0.391. The maximum Gasteiger partial charge on any atom is 0.276 e. The topological polar surface area (TPSA) is 98.9 Å². The van der Waals surface area contributed by atoms with Crippen molar-refractivity contribution in [2.24, 2.45) is 0 Å². The van der Waals surface area contributed by atoms with E-state index in [0.717, 1.165) is 16.9 Å². The second-order valence-electron chi connectivity index (χ2n) is 7.88. The minimum Gasteiger partial charge on any atom is -0.497 e. The maximum absolute atomic E-state index is 13.4. The number of carbonyl (C=O) groups is 1. The number of hydrogen-bond donors (Lipinski definition) is 0. The van der Waals surface area contributed by atoms with Crippen molar-refractivity contribution in [3.05, 3.63) is 65.9 Å². The van der Waals surface area contributed by atoms with Crippen LogP contribution >= 0.6 is 0 Å². The summed E-state index contributed by atoms with van der Waals surface area (Å²) < 4.78 is 40.4. The highest BCUT2D eigenvalue weighted by Gasteiger charge is 2.36. The number of methoxy groups -OCH3 is 1. The molecule has 1 saturated heterocycles. The van der Waals surface area contributed by atoms with Gasteiger partial charge in [0, 0.05) is 24.2 Å². The van der Waals surface area contributed by atoms with Gasteiger partial charge in [0.25, 0.3) is 5.91 Å². The van der Waals surface area contributed by atoms with Crippen LogP contribution in [0.25, 0.3) is 11.3 Å². The molecule has 0 radical (unpaired) electrons. The van der Waals surface area contributed by atoms with Gasteiger partial charge in [0.2, 0.25) is 0 Å². The lowest BCUT2D eigenvalue weighted by atomic mass is 10.1. The third-order valence-corrected chi connectivity index (χ3v) is 7.33. The normalized spacial score (nSPS) is 17.0. The molecule has 174 valence electrons. The van der Waals surface area contributed by atoms with E-state index in [9.17, 15) is 13.2 Å². The van der Waals surface area contributed by atoms with Crippen molar-refractivity contribution < 1.29 is 27.2 Å². The Morgan fingerprint density at radius 1 is 1.15 bits per heavy atom. The van der Waals surface area contributed by atoms with Gasteiger partial charge in [0.05, 0.1) is 25.2 Å². The number of ether oxygens (including phenoxy) is 2. The summed E-state index contributed by atoms with van der Waals surface area (Å²) in [4.78, 5) is 15.0. The quantitative estimate of drug-likeness (QED) is 0.496. The number of sulfone groups is 1. The van der Waals surface area contributed by atoms with E-state index in [4.69, 9.17) is 14.0 Å². The van der Waals surface area contributed by atoms with E-state index >= 15 is 0 Å². The smallest absolute Gasteiger partial charge is 0.276 e. The van der Waals surface area contributed by atoms with Crippen molar-refractivity contribution >= 4 is 15.7 Å². The Kier molecular flexibility index (Phi) is 6.69. The molecule has 1 amide bonds. The van der Waals surface area contributed by atoms with E-state index in [1.807, 2.05) is 55.5 Å². The molecule has 8 nitrogen and oxygen atoms in total. The van der Waals surface area contributed by atoms with Crippen LogP contribution < -0.4 is 9.47 Å². The molecule has 0 unspecified atom stereocenters. The molecule has 0 N–H and O–H groups in total. The molecule has 9 heteroatoms. The Balaban J connectivity index is 1.59. The first-order valence-corrected chi connectivity index (χ1v) is 12.5. The SMILES string of the molecule is CCOc1ccc(-c2cc(C(=O)N(Cc3cccc(OC)c3)[C@@H]3CCS(=O)(=O)C3)no2)cc1. The summed E-state index contributed by atoms with van der Waals surface area (Å²) >= 11 is 0. The highest BCUT2D eigenvalue weighted by Crippen LogP contribution is 2.27. The second kappa shape index (κ2) is 9.66. The van der Waals surface area contributed by atoms with Gasteiger partial charge < -0.3 is 18.9 Å². The van der Waals surface area contributed by atoms with E-state index < -0.39 is 15.9 Å². The van der Waals surface area contributed by atoms with Crippen LogP contribution in [0, 0.1) is 0 Å². The van der Waals surface area contributed by atoms with Crippen molar-refractivity contribution in [3.8, 4) is 22.8 Å². The lowest BCUT2D eigenvalue weighted by molar-refractivity contribution is 0.0670. The zero-order valence-corrected chi connectivity index (χ0v) is 19.4. The Hall–Kier alpha value is -3.33. The minimum absolute atomic E-state index is 0.0632. The lowest BCUT2D eigenvalue weighted by Crippen LogP contribution is -2.40. The molecule has 3 aromatic rings. The summed E-state index contributed by atoms with van der Waals surface area (Å²) in [5.41, 5.74) is 1.72. The first-order chi connectivity index (χ1) is 15.9. The summed E-state index contributed by atoms with van der Waals surface area (Å²) in [6.45, 7) is 2.72. The highest BCUT2D eigenvalue weighted by atomic mass is 32.2. The number of carbonyl (C=O) groups excluding carboxylic acids is 1. The van der Waals surface area contributed by atoms with Gasteiger partial charge in [0.1, 0.15) is 11.5 Å². The molecule has 0 saturated carbocycles. The fraction of sp³-hybridized carbons (Fsp3) is 0.333.